The Morgan fingerprint density at radius 2 is 0.750 bits per heavy atom. The second-order valence-corrected chi connectivity index (χ2v) is 6.85. The van der Waals surface area contributed by atoms with Crippen LogP contribution in [0.5, 0.6) is 0 Å². The maximum atomic E-state index is 9.83. The van der Waals surface area contributed by atoms with Crippen LogP contribution in [0.2, 0.25) is 0 Å². The Hall–Kier alpha value is -2.60. The zero-order chi connectivity index (χ0) is 29.1. The summed E-state index contributed by atoms with van der Waals surface area (Å²) in [5, 5.41) is 46.8. The number of carbonyl (C=O) groups excluding carboxylic acids is 8. The Morgan fingerprint density at radius 3 is 0.778 bits per heavy atom. The fraction of sp³-hybridized carbons (Fsp3) is 0.636. The average molecular weight is 598 g/mol. The van der Waals surface area contributed by atoms with E-state index < -0.39 is 49.6 Å². The summed E-state index contributed by atoms with van der Waals surface area (Å²) in [6.07, 6.45) is 1.00. The van der Waals surface area contributed by atoms with E-state index in [-0.39, 0.29) is 55.4 Å². The zero-order valence-electron chi connectivity index (χ0n) is 21.4. The standard InChI is InChI=1S/C6H14O.4C4H6O3.Zr/c1-3-5-6(7)4-2;4*1-3(5)2-4(6)7;/h6-7H,3-5H2,1-2H3;4*2H2,1H3,(H,6,7);/q;;;;;+4/p-4. The van der Waals surface area contributed by atoms with Gasteiger partial charge in [-0.1, -0.05) is 20.3 Å². The van der Waals surface area contributed by atoms with Crippen LogP contribution in [-0.4, -0.2) is 58.2 Å². The first-order valence-electron chi connectivity index (χ1n) is 10.3. The van der Waals surface area contributed by atoms with Crippen molar-refractivity contribution in [2.45, 2.75) is 92.6 Å². The minimum atomic E-state index is -1.31. The van der Waals surface area contributed by atoms with Crippen LogP contribution in [0.15, 0.2) is 0 Å². The number of aliphatic hydroxyl groups excluding tert-OH is 1. The average Bonchev–Trinajstić information content (AvgIpc) is 2.59. The van der Waals surface area contributed by atoms with Crippen molar-refractivity contribution in [1.82, 2.24) is 0 Å². The first-order valence-corrected chi connectivity index (χ1v) is 10.3. The van der Waals surface area contributed by atoms with Crippen LogP contribution in [-0.2, 0) is 64.6 Å². The number of rotatable bonds is 11. The molecule has 36 heavy (non-hydrogen) atoms. The molecule has 0 saturated heterocycles. The van der Waals surface area contributed by atoms with Crippen LogP contribution >= 0.6 is 0 Å². The predicted octanol–water partition coefficient (Wildman–Crippen LogP) is -3.58. The van der Waals surface area contributed by atoms with E-state index in [1.165, 1.54) is 27.7 Å². The van der Waals surface area contributed by atoms with Gasteiger partial charge in [-0.15, -0.1) is 0 Å². The van der Waals surface area contributed by atoms with Gasteiger partial charge in [0.05, 0.1) is 6.10 Å². The van der Waals surface area contributed by atoms with E-state index in [4.69, 9.17) is 5.11 Å². The summed E-state index contributed by atoms with van der Waals surface area (Å²) in [5.74, 6) is -6.75. The Balaban J connectivity index is -0.0000000776. The van der Waals surface area contributed by atoms with Crippen molar-refractivity contribution in [3.05, 3.63) is 0 Å². The van der Waals surface area contributed by atoms with Gasteiger partial charge >= 0.3 is 26.2 Å². The SMILES string of the molecule is CC(=O)CC(=O)[O-].CC(=O)CC(=O)[O-].CC(=O)CC(=O)[O-].CC(=O)CC(=O)[O-].CCCC(O)CC.[Zr+4]. The smallest absolute Gasteiger partial charge is 0.550 e. The molecule has 0 aliphatic heterocycles. The van der Waals surface area contributed by atoms with Gasteiger partial charge in [0.25, 0.3) is 0 Å². The van der Waals surface area contributed by atoms with Gasteiger partial charge in [-0.2, -0.15) is 0 Å². The summed E-state index contributed by atoms with van der Waals surface area (Å²) in [5.41, 5.74) is 0. The van der Waals surface area contributed by atoms with Gasteiger partial charge in [-0.25, -0.2) is 0 Å². The number of carboxylic acid groups (broad SMARTS) is 4. The van der Waals surface area contributed by atoms with Crippen LogP contribution < -0.4 is 20.4 Å². The van der Waals surface area contributed by atoms with E-state index in [0.717, 1.165) is 19.3 Å². The summed E-state index contributed by atoms with van der Waals surface area (Å²) in [4.78, 5) is 77.2. The molecular weight excluding hydrogens is 563 g/mol. The topological polar surface area (TPSA) is 249 Å². The molecule has 0 aliphatic carbocycles. The van der Waals surface area contributed by atoms with Gasteiger partial charge in [-0.05, 0) is 40.5 Å². The molecule has 1 atom stereocenters. The van der Waals surface area contributed by atoms with E-state index in [0.29, 0.717) is 0 Å². The monoisotopic (exact) mass is 596 g/mol. The quantitative estimate of drug-likeness (QED) is 0.226. The van der Waals surface area contributed by atoms with Gasteiger partial charge in [0.2, 0.25) is 0 Å². The van der Waals surface area contributed by atoms with E-state index in [9.17, 15) is 58.8 Å². The van der Waals surface area contributed by atoms with Crippen LogP contribution in [0.1, 0.15) is 86.5 Å². The van der Waals surface area contributed by atoms with E-state index in [1.807, 2.05) is 6.92 Å². The molecule has 0 amide bonds. The Labute approximate surface area is 229 Å². The van der Waals surface area contributed by atoms with Gasteiger partial charge in [0.15, 0.2) is 0 Å². The Morgan fingerprint density at radius 1 is 0.556 bits per heavy atom. The van der Waals surface area contributed by atoms with Gasteiger partial charge in [0, 0.05) is 49.6 Å². The summed E-state index contributed by atoms with van der Waals surface area (Å²) in [6, 6.07) is 0. The summed E-state index contributed by atoms with van der Waals surface area (Å²) in [7, 11) is 0. The molecule has 0 saturated carbocycles. The third kappa shape index (κ3) is 85.7. The maximum absolute atomic E-state index is 9.83. The van der Waals surface area contributed by atoms with Crippen molar-refractivity contribution < 1.29 is 90.1 Å². The Bertz CT molecular complexity index is 535. The first-order chi connectivity index (χ1) is 15.8. The van der Waals surface area contributed by atoms with Crippen molar-refractivity contribution in [3.63, 3.8) is 0 Å². The predicted molar refractivity (Wildman–Crippen MR) is 112 cm³/mol. The van der Waals surface area contributed by atoms with E-state index >= 15 is 0 Å². The number of carbonyl (C=O) groups is 8. The third-order valence-electron chi connectivity index (χ3n) is 2.67. The zero-order valence-corrected chi connectivity index (χ0v) is 23.8. The third-order valence-corrected chi connectivity index (χ3v) is 2.67. The summed E-state index contributed by atoms with van der Waals surface area (Å²) >= 11 is 0. The van der Waals surface area contributed by atoms with E-state index in [1.54, 1.807) is 0 Å². The fourth-order valence-corrected chi connectivity index (χ4v) is 1.35. The molecule has 0 rings (SSSR count). The Kier molecular flexibility index (Phi) is 42.0. The molecule has 0 aromatic carbocycles. The van der Waals surface area contributed by atoms with Crippen molar-refractivity contribution >= 4 is 47.0 Å². The van der Waals surface area contributed by atoms with Crippen LogP contribution in [0, 0.1) is 0 Å². The molecule has 1 N–H and O–H groups in total. The summed E-state index contributed by atoms with van der Waals surface area (Å²) < 4.78 is 0. The van der Waals surface area contributed by atoms with Crippen LogP contribution in [0.25, 0.3) is 0 Å². The molecule has 14 heteroatoms. The molecule has 0 fully saturated rings. The molecule has 13 nitrogen and oxygen atoms in total. The molecule has 1 unspecified atom stereocenters. The van der Waals surface area contributed by atoms with Gasteiger partial charge in [-0.3, -0.25) is 19.2 Å². The minimum absolute atomic E-state index is 0. The molecule has 0 heterocycles. The van der Waals surface area contributed by atoms with Crippen LogP contribution in [0.3, 0.4) is 0 Å². The van der Waals surface area contributed by atoms with Crippen molar-refractivity contribution in [1.29, 1.82) is 0 Å². The molecule has 0 aromatic heterocycles. The summed E-state index contributed by atoms with van der Waals surface area (Å²) in [6.45, 7) is 8.90. The van der Waals surface area contributed by atoms with Crippen molar-refractivity contribution in [2.75, 3.05) is 0 Å². The molecule has 0 spiro atoms. The molecule has 0 aromatic rings. The molecule has 0 radical (unpaired) electrons. The number of hydrogen-bond acceptors (Lipinski definition) is 13. The molecular formula is C22H34O13Zr. The molecule has 204 valence electrons. The van der Waals surface area contributed by atoms with Gasteiger partial charge in [0.1, 0.15) is 23.1 Å². The molecule has 0 bridgehead atoms. The number of aliphatic carboxylic acids is 4. The minimum Gasteiger partial charge on any atom is -0.550 e. The van der Waals surface area contributed by atoms with Crippen molar-refractivity contribution in [2.24, 2.45) is 0 Å². The number of ketones is 4. The largest absolute Gasteiger partial charge is 4.00 e. The number of Topliss-reactive ketones (excluding diaryl/α,β-unsaturated/α-hetero) is 4. The number of hydrogen-bond donors (Lipinski definition) is 1. The maximum Gasteiger partial charge on any atom is 4.00 e. The number of carboxylic acids is 4. The second kappa shape index (κ2) is 32.4. The number of aliphatic hydroxyl groups is 1. The van der Waals surface area contributed by atoms with Crippen LogP contribution in [0.4, 0.5) is 0 Å². The normalized spacial score (nSPS) is 9.08. The fourth-order valence-electron chi connectivity index (χ4n) is 1.35. The molecule has 0 aliphatic rings. The van der Waals surface area contributed by atoms with Crippen molar-refractivity contribution in [3.8, 4) is 0 Å². The first kappa shape index (κ1) is 46.7. The second-order valence-electron chi connectivity index (χ2n) is 6.85. The van der Waals surface area contributed by atoms with Gasteiger partial charge < -0.3 is 44.7 Å². The van der Waals surface area contributed by atoms with E-state index in [2.05, 4.69) is 6.92 Å².